The summed E-state index contributed by atoms with van der Waals surface area (Å²) in [7, 11) is 2.94. The highest BCUT2D eigenvalue weighted by Crippen LogP contribution is 2.31. The van der Waals surface area contributed by atoms with Crippen molar-refractivity contribution >= 4 is 5.91 Å². The van der Waals surface area contributed by atoms with Crippen molar-refractivity contribution in [3.63, 3.8) is 0 Å². The zero-order valence-electron chi connectivity index (χ0n) is 12.9. The topological polar surface area (TPSA) is 47.4 Å². The number of nitrogens with zero attached hydrogens (tertiary/aromatic N) is 3. The Hall–Kier alpha value is -1.57. The summed E-state index contributed by atoms with van der Waals surface area (Å²) in [6, 6.07) is 0. The zero-order chi connectivity index (χ0) is 16.5. The summed E-state index contributed by atoms with van der Waals surface area (Å²) in [6.45, 7) is 2.32. The Balaban J connectivity index is 2.12. The Morgan fingerprint density at radius 1 is 1.55 bits per heavy atom. The van der Waals surface area contributed by atoms with Gasteiger partial charge in [-0.15, -0.1) is 0 Å². The van der Waals surface area contributed by atoms with E-state index in [0.717, 1.165) is 11.1 Å². The second kappa shape index (κ2) is 6.28. The van der Waals surface area contributed by atoms with E-state index in [2.05, 4.69) is 5.10 Å². The van der Waals surface area contributed by atoms with E-state index in [1.165, 1.54) is 25.2 Å². The Kier molecular flexibility index (Phi) is 4.79. The molecule has 0 aromatic carbocycles. The van der Waals surface area contributed by atoms with E-state index in [-0.39, 0.29) is 30.0 Å². The van der Waals surface area contributed by atoms with E-state index in [1.807, 2.05) is 6.92 Å². The first-order valence-electron chi connectivity index (χ1n) is 7.16. The Morgan fingerprint density at radius 3 is 2.82 bits per heavy atom. The number of carbonyl (C=O) groups excluding carboxylic acids is 1. The van der Waals surface area contributed by atoms with Crippen LogP contribution in [0.3, 0.4) is 0 Å². The second-order valence-corrected chi connectivity index (χ2v) is 5.69. The van der Waals surface area contributed by atoms with Crippen LogP contribution >= 0.6 is 0 Å². The minimum atomic E-state index is -4.53. The smallest absolute Gasteiger partial charge is 0.378 e. The third kappa shape index (κ3) is 3.60. The van der Waals surface area contributed by atoms with Crippen LogP contribution in [-0.4, -0.2) is 40.3 Å². The number of hydrogen-bond acceptors (Lipinski definition) is 3. The lowest BCUT2D eigenvalue weighted by molar-refractivity contribution is -0.146. The molecule has 5 nitrogen and oxygen atoms in total. The first-order valence-corrected chi connectivity index (χ1v) is 7.16. The molecule has 124 valence electrons. The van der Waals surface area contributed by atoms with E-state index in [9.17, 15) is 18.0 Å². The maximum Gasteiger partial charge on any atom is 0.435 e. The first kappa shape index (κ1) is 16.8. The molecule has 1 saturated heterocycles. The van der Waals surface area contributed by atoms with Crippen molar-refractivity contribution in [2.45, 2.75) is 38.6 Å². The van der Waals surface area contributed by atoms with Crippen molar-refractivity contribution in [2.24, 2.45) is 13.0 Å². The summed E-state index contributed by atoms with van der Waals surface area (Å²) in [5.41, 5.74) is -0.946. The van der Waals surface area contributed by atoms with Gasteiger partial charge >= 0.3 is 6.18 Å². The molecule has 2 atom stereocenters. The molecule has 0 radical (unpaired) electrons. The standard InChI is InChI=1S/C14H20F3N3O2/c1-9-11(5-4-6-22-9)13(21)19(2)7-10-8-20(3)18-12(10)14(15,16)17/h8-9,11H,4-7H2,1-3H3/t9-,11-/m0/s1. The summed E-state index contributed by atoms with van der Waals surface area (Å²) >= 11 is 0. The summed E-state index contributed by atoms with van der Waals surface area (Å²) in [5.74, 6) is -0.492. The second-order valence-electron chi connectivity index (χ2n) is 5.69. The van der Waals surface area contributed by atoms with Gasteiger partial charge < -0.3 is 9.64 Å². The molecule has 1 aromatic heterocycles. The molecule has 0 N–H and O–H groups in total. The maximum atomic E-state index is 12.9. The lowest BCUT2D eigenvalue weighted by Crippen LogP contribution is -2.41. The van der Waals surface area contributed by atoms with Crippen molar-refractivity contribution in [1.82, 2.24) is 14.7 Å². The van der Waals surface area contributed by atoms with Gasteiger partial charge in [-0.1, -0.05) is 0 Å². The third-order valence-electron chi connectivity index (χ3n) is 3.88. The summed E-state index contributed by atoms with van der Waals surface area (Å²) in [4.78, 5) is 13.7. The number of rotatable bonds is 3. The van der Waals surface area contributed by atoms with Crippen LogP contribution in [-0.2, 0) is 29.3 Å². The van der Waals surface area contributed by atoms with E-state index >= 15 is 0 Å². The van der Waals surface area contributed by atoms with Gasteiger partial charge in [0.25, 0.3) is 0 Å². The highest BCUT2D eigenvalue weighted by molar-refractivity contribution is 5.79. The van der Waals surface area contributed by atoms with Gasteiger partial charge in [0.1, 0.15) is 0 Å². The molecular formula is C14H20F3N3O2. The number of aryl methyl sites for hydroxylation is 1. The Morgan fingerprint density at radius 2 is 2.23 bits per heavy atom. The SMILES string of the molecule is C[C@@H]1OCCC[C@@H]1C(=O)N(C)Cc1cn(C)nc1C(F)(F)F. The molecular weight excluding hydrogens is 299 g/mol. The molecule has 1 aromatic rings. The summed E-state index contributed by atoms with van der Waals surface area (Å²) < 4.78 is 45.4. The van der Waals surface area contributed by atoms with Gasteiger partial charge in [0.15, 0.2) is 5.69 Å². The predicted octanol–water partition coefficient (Wildman–Crippen LogP) is 2.21. The number of hydrogen-bond donors (Lipinski definition) is 0. The van der Waals surface area contributed by atoms with Gasteiger partial charge in [-0.2, -0.15) is 18.3 Å². The van der Waals surface area contributed by atoms with Crippen molar-refractivity contribution in [3.8, 4) is 0 Å². The number of amides is 1. The molecule has 2 rings (SSSR count). The van der Waals surface area contributed by atoms with Crippen molar-refractivity contribution in [2.75, 3.05) is 13.7 Å². The average molecular weight is 319 g/mol. The Bertz CT molecular complexity index is 542. The number of aromatic nitrogens is 2. The maximum absolute atomic E-state index is 12.9. The lowest BCUT2D eigenvalue weighted by atomic mass is 9.94. The lowest BCUT2D eigenvalue weighted by Gasteiger charge is -2.31. The van der Waals surface area contributed by atoms with Crippen LogP contribution in [0.2, 0.25) is 0 Å². The highest BCUT2D eigenvalue weighted by atomic mass is 19.4. The third-order valence-corrected chi connectivity index (χ3v) is 3.88. The van der Waals surface area contributed by atoms with Crippen LogP contribution < -0.4 is 0 Å². The van der Waals surface area contributed by atoms with E-state index in [0.29, 0.717) is 13.0 Å². The molecule has 1 aliphatic heterocycles. The quantitative estimate of drug-likeness (QED) is 0.858. The van der Waals surface area contributed by atoms with Crippen LogP contribution in [0.15, 0.2) is 6.20 Å². The fourth-order valence-corrected chi connectivity index (χ4v) is 2.76. The number of carbonyl (C=O) groups is 1. The molecule has 0 unspecified atom stereocenters. The van der Waals surface area contributed by atoms with Crippen LogP contribution in [0, 0.1) is 5.92 Å². The normalized spacial score (nSPS) is 22.6. The monoisotopic (exact) mass is 319 g/mol. The largest absolute Gasteiger partial charge is 0.435 e. The molecule has 1 amide bonds. The summed E-state index contributed by atoms with van der Waals surface area (Å²) in [5, 5.41) is 3.45. The Labute approximate surface area is 127 Å². The fraction of sp³-hybridized carbons (Fsp3) is 0.714. The first-order chi connectivity index (χ1) is 10.2. The number of ether oxygens (including phenoxy) is 1. The molecule has 1 fully saturated rings. The molecule has 0 spiro atoms. The average Bonchev–Trinajstić information content (AvgIpc) is 2.79. The van der Waals surface area contributed by atoms with Crippen molar-refractivity contribution in [3.05, 3.63) is 17.5 Å². The number of halogens is 3. The molecule has 0 bridgehead atoms. The molecule has 22 heavy (non-hydrogen) atoms. The molecule has 0 saturated carbocycles. The number of alkyl halides is 3. The molecule has 1 aliphatic rings. The van der Waals surface area contributed by atoms with Crippen LogP contribution in [0.5, 0.6) is 0 Å². The molecule has 2 heterocycles. The van der Waals surface area contributed by atoms with Gasteiger partial charge in [0, 0.05) is 39.0 Å². The molecule has 8 heteroatoms. The van der Waals surface area contributed by atoms with E-state index in [1.54, 1.807) is 0 Å². The van der Waals surface area contributed by atoms with Crippen molar-refractivity contribution in [1.29, 1.82) is 0 Å². The van der Waals surface area contributed by atoms with Gasteiger partial charge in [-0.05, 0) is 19.8 Å². The molecule has 0 aliphatic carbocycles. The van der Waals surface area contributed by atoms with Crippen LogP contribution in [0.4, 0.5) is 13.2 Å². The minimum Gasteiger partial charge on any atom is -0.378 e. The van der Waals surface area contributed by atoms with Crippen LogP contribution in [0.25, 0.3) is 0 Å². The predicted molar refractivity (Wildman–Crippen MR) is 72.8 cm³/mol. The van der Waals surface area contributed by atoms with Crippen molar-refractivity contribution < 1.29 is 22.7 Å². The highest BCUT2D eigenvalue weighted by Gasteiger charge is 2.38. The van der Waals surface area contributed by atoms with Gasteiger partial charge in [0.05, 0.1) is 12.0 Å². The zero-order valence-corrected chi connectivity index (χ0v) is 12.9. The van der Waals surface area contributed by atoms with E-state index < -0.39 is 11.9 Å². The van der Waals surface area contributed by atoms with Gasteiger partial charge in [0.2, 0.25) is 5.91 Å². The van der Waals surface area contributed by atoms with Gasteiger partial charge in [-0.25, -0.2) is 0 Å². The summed E-state index contributed by atoms with van der Waals surface area (Å²) in [6.07, 6.45) is -1.95. The van der Waals surface area contributed by atoms with Gasteiger partial charge in [-0.3, -0.25) is 9.48 Å². The van der Waals surface area contributed by atoms with E-state index in [4.69, 9.17) is 4.74 Å². The fourth-order valence-electron chi connectivity index (χ4n) is 2.76. The van der Waals surface area contributed by atoms with Crippen LogP contribution in [0.1, 0.15) is 31.0 Å². The minimum absolute atomic E-state index is 0.00442.